The van der Waals surface area contributed by atoms with Gasteiger partial charge in [0.05, 0.1) is 12.2 Å². The zero-order valence-corrected chi connectivity index (χ0v) is 14.3. The van der Waals surface area contributed by atoms with Crippen molar-refractivity contribution in [3.63, 3.8) is 0 Å². The molecule has 7 heteroatoms. The van der Waals surface area contributed by atoms with E-state index in [-0.39, 0.29) is 16.7 Å². The first-order valence-electron chi connectivity index (χ1n) is 7.68. The molecular weight excluding hydrogens is 300 g/mol. The lowest BCUT2D eigenvalue weighted by molar-refractivity contribution is -0.0126. The lowest BCUT2D eigenvalue weighted by Gasteiger charge is -2.43. The molecule has 1 N–H and O–H groups in total. The number of rotatable bonds is 2. The molecular formula is C16H24N2O5. The largest absolute Gasteiger partial charge is 0.478 e. The van der Waals surface area contributed by atoms with E-state index in [1.807, 2.05) is 0 Å². The molecule has 0 aromatic carbocycles. The third-order valence-corrected chi connectivity index (χ3v) is 3.83. The van der Waals surface area contributed by atoms with Crippen LogP contribution in [0.5, 0.6) is 0 Å². The summed E-state index contributed by atoms with van der Waals surface area (Å²) in [4.78, 5) is 25.5. The molecule has 2 heterocycles. The molecule has 0 bridgehead atoms. The Kier molecular flexibility index (Phi) is 4.41. The smallest absolute Gasteiger partial charge is 0.410 e. The highest BCUT2D eigenvalue weighted by Gasteiger charge is 2.41. The first kappa shape index (κ1) is 17.3. The van der Waals surface area contributed by atoms with Crippen LogP contribution in [0.25, 0.3) is 0 Å². The van der Waals surface area contributed by atoms with Gasteiger partial charge in [0.25, 0.3) is 0 Å². The summed E-state index contributed by atoms with van der Waals surface area (Å²) in [5.41, 5.74) is -0.708. The molecule has 1 aromatic rings. The number of nitrogens with zero attached hydrogens (tertiary/aromatic N) is 2. The number of aromatic carboxylic acids is 1. The van der Waals surface area contributed by atoms with Crippen molar-refractivity contribution < 1.29 is 24.0 Å². The van der Waals surface area contributed by atoms with Gasteiger partial charge in [0.1, 0.15) is 11.2 Å². The van der Waals surface area contributed by atoms with Crippen molar-refractivity contribution in [2.45, 2.75) is 59.1 Å². The predicted octanol–water partition coefficient (Wildman–Crippen LogP) is 3.47. The van der Waals surface area contributed by atoms with Crippen LogP contribution in [-0.4, -0.2) is 39.4 Å². The third kappa shape index (κ3) is 4.03. The lowest BCUT2D eigenvalue weighted by Crippen LogP contribution is -2.47. The Morgan fingerprint density at radius 1 is 1.43 bits per heavy atom. The van der Waals surface area contributed by atoms with Crippen LogP contribution >= 0.6 is 0 Å². The van der Waals surface area contributed by atoms with Gasteiger partial charge in [-0.05, 0) is 39.0 Å². The summed E-state index contributed by atoms with van der Waals surface area (Å²) in [6.07, 6.45) is 2.14. The minimum Gasteiger partial charge on any atom is -0.478 e. The lowest BCUT2D eigenvalue weighted by atomic mass is 9.80. The number of ether oxygens (including phenoxy) is 1. The number of piperidine rings is 1. The first-order chi connectivity index (χ1) is 10.5. The summed E-state index contributed by atoms with van der Waals surface area (Å²) in [7, 11) is 0. The third-order valence-electron chi connectivity index (χ3n) is 3.83. The van der Waals surface area contributed by atoms with E-state index in [4.69, 9.17) is 9.26 Å². The fraction of sp³-hybridized carbons (Fsp3) is 0.688. The standard InChI is InChI=1S/C16H24N2O5/c1-15(2,3)22-14(21)18-9-16(4,5)7-6-11(18)12-10(13(19)20)8-17-23-12/h8,11H,6-7,9H2,1-5H3,(H,19,20). The first-order valence-corrected chi connectivity index (χ1v) is 7.68. The Morgan fingerprint density at radius 2 is 2.09 bits per heavy atom. The molecule has 1 saturated heterocycles. The van der Waals surface area contributed by atoms with Crippen molar-refractivity contribution in [2.24, 2.45) is 5.41 Å². The van der Waals surface area contributed by atoms with E-state index in [1.54, 1.807) is 25.7 Å². The van der Waals surface area contributed by atoms with Crippen LogP contribution in [0.1, 0.15) is 69.6 Å². The minimum atomic E-state index is -1.12. The maximum absolute atomic E-state index is 12.6. The number of carbonyl (C=O) groups is 2. The van der Waals surface area contributed by atoms with E-state index >= 15 is 0 Å². The van der Waals surface area contributed by atoms with Crippen molar-refractivity contribution in [3.05, 3.63) is 17.5 Å². The van der Waals surface area contributed by atoms with Crippen LogP contribution in [-0.2, 0) is 4.74 Å². The molecule has 1 fully saturated rings. The van der Waals surface area contributed by atoms with Crippen LogP contribution in [0.15, 0.2) is 10.7 Å². The Morgan fingerprint density at radius 3 is 2.65 bits per heavy atom. The summed E-state index contributed by atoms with van der Waals surface area (Å²) in [5.74, 6) is -0.908. The van der Waals surface area contributed by atoms with E-state index < -0.39 is 23.7 Å². The van der Waals surface area contributed by atoms with Crippen molar-refractivity contribution >= 4 is 12.1 Å². The average molecular weight is 324 g/mol. The van der Waals surface area contributed by atoms with Gasteiger partial charge >= 0.3 is 12.1 Å². The van der Waals surface area contributed by atoms with E-state index in [0.29, 0.717) is 13.0 Å². The van der Waals surface area contributed by atoms with Crippen LogP contribution in [0, 0.1) is 5.41 Å². The average Bonchev–Trinajstić information content (AvgIpc) is 2.84. The van der Waals surface area contributed by atoms with Crippen LogP contribution in [0.2, 0.25) is 0 Å². The van der Waals surface area contributed by atoms with Crippen molar-refractivity contribution in [1.29, 1.82) is 0 Å². The number of hydrogen-bond donors (Lipinski definition) is 1. The summed E-state index contributed by atoms with van der Waals surface area (Å²) in [6, 6.07) is -0.480. The molecule has 7 nitrogen and oxygen atoms in total. The Bertz CT molecular complexity index is 600. The van der Waals surface area contributed by atoms with Gasteiger partial charge in [-0.3, -0.25) is 4.90 Å². The number of aromatic nitrogens is 1. The number of carboxylic acids is 1. The summed E-state index contributed by atoms with van der Waals surface area (Å²) >= 11 is 0. The van der Waals surface area contributed by atoms with Gasteiger partial charge in [-0.25, -0.2) is 9.59 Å². The highest BCUT2D eigenvalue weighted by atomic mass is 16.6. The summed E-state index contributed by atoms with van der Waals surface area (Å²) < 4.78 is 10.6. The maximum atomic E-state index is 12.6. The van der Waals surface area contributed by atoms with Crippen molar-refractivity contribution in [2.75, 3.05) is 6.54 Å². The fourth-order valence-electron chi connectivity index (χ4n) is 2.77. The molecule has 2 rings (SSSR count). The van der Waals surface area contributed by atoms with E-state index in [2.05, 4.69) is 19.0 Å². The number of carboxylic acid groups (broad SMARTS) is 1. The van der Waals surface area contributed by atoms with Gasteiger partial charge in [0.2, 0.25) is 0 Å². The molecule has 23 heavy (non-hydrogen) atoms. The quantitative estimate of drug-likeness (QED) is 0.895. The maximum Gasteiger partial charge on any atom is 0.410 e. The Balaban J connectivity index is 2.34. The number of amides is 1. The highest BCUT2D eigenvalue weighted by Crippen LogP contribution is 2.41. The second-order valence-corrected chi connectivity index (χ2v) is 7.74. The number of likely N-dealkylation sites (tertiary alicyclic amines) is 1. The molecule has 128 valence electrons. The fourth-order valence-corrected chi connectivity index (χ4v) is 2.77. The van der Waals surface area contributed by atoms with Crippen molar-refractivity contribution in [3.8, 4) is 0 Å². The predicted molar refractivity (Wildman–Crippen MR) is 82.2 cm³/mol. The Hall–Kier alpha value is -2.05. The summed E-state index contributed by atoms with van der Waals surface area (Å²) in [6.45, 7) is 9.99. The number of hydrogen-bond acceptors (Lipinski definition) is 5. The van der Waals surface area contributed by atoms with Gasteiger partial charge in [-0.2, -0.15) is 0 Å². The molecule has 1 aliphatic heterocycles. The van der Waals surface area contributed by atoms with Gasteiger partial charge in [-0.15, -0.1) is 0 Å². The second kappa shape index (κ2) is 5.86. The molecule has 1 aliphatic rings. The molecule has 0 radical (unpaired) electrons. The van der Waals surface area contributed by atoms with Crippen LogP contribution < -0.4 is 0 Å². The molecule has 0 spiro atoms. The van der Waals surface area contributed by atoms with Gasteiger partial charge in [0.15, 0.2) is 5.76 Å². The Labute approximate surface area is 135 Å². The molecule has 1 amide bonds. The molecule has 1 unspecified atom stereocenters. The SMILES string of the molecule is CC1(C)CCC(c2oncc2C(=O)O)N(C(=O)OC(C)(C)C)C1. The second-order valence-electron chi connectivity index (χ2n) is 7.74. The normalized spacial score (nSPS) is 21.1. The topological polar surface area (TPSA) is 92.9 Å². The molecule has 1 aromatic heterocycles. The van der Waals surface area contributed by atoms with Crippen LogP contribution in [0.3, 0.4) is 0 Å². The molecule has 0 aliphatic carbocycles. The monoisotopic (exact) mass is 324 g/mol. The van der Waals surface area contributed by atoms with Crippen LogP contribution in [0.4, 0.5) is 4.79 Å². The zero-order valence-electron chi connectivity index (χ0n) is 14.3. The van der Waals surface area contributed by atoms with E-state index in [0.717, 1.165) is 6.42 Å². The summed E-state index contributed by atoms with van der Waals surface area (Å²) in [5, 5.41) is 12.9. The zero-order chi connectivity index (χ0) is 17.4. The van der Waals surface area contributed by atoms with Gasteiger partial charge in [0, 0.05) is 6.54 Å². The van der Waals surface area contributed by atoms with Gasteiger partial charge < -0.3 is 14.4 Å². The van der Waals surface area contributed by atoms with Crippen molar-refractivity contribution in [1.82, 2.24) is 10.1 Å². The van der Waals surface area contributed by atoms with Gasteiger partial charge in [-0.1, -0.05) is 19.0 Å². The number of carbonyl (C=O) groups excluding carboxylic acids is 1. The van der Waals surface area contributed by atoms with E-state index in [9.17, 15) is 14.7 Å². The molecule has 1 atom stereocenters. The molecule has 0 saturated carbocycles. The minimum absolute atomic E-state index is 0.0109. The highest BCUT2D eigenvalue weighted by molar-refractivity contribution is 5.88. The van der Waals surface area contributed by atoms with E-state index in [1.165, 1.54) is 6.20 Å².